The first kappa shape index (κ1) is 38.3. The molecule has 15 nitrogen and oxygen atoms in total. The number of carbonyl (C=O) groups excluding carboxylic acids is 2. The van der Waals surface area contributed by atoms with Gasteiger partial charge in [0.25, 0.3) is 5.91 Å². The second-order valence-electron chi connectivity index (χ2n) is 12.4. The van der Waals surface area contributed by atoms with Gasteiger partial charge in [0.15, 0.2) is 6.61 Å². The number of aromatic nitrogens is 3. The zero-order valence-corrected chi connectivity index (χ0v) is 28.3. The van der Waals surface area contributed by atoms with E-state index in [0.717, 1.165) is 24.8 Å². The Hall–Kier alpha value is -5.55. The van der Waals surface area contributed by atoms with Crippen molar-refractivity contribution in [3.63, 3.8) is 0 Å². The van der Waals surface area contributed by atoms with Crippen LogP contribution in [0.2, 0.25) is 0 Å². The Morgan fingerprint density at radius 3 is 2.29 bits per heavy atom. The Morgan fingerprint density at radius 2 is 1.63 bits per heavy atom. The van der Waals surface area contributed by atoms with Gasteiger partial charge < -0.3 is 45.3 Å². The molecular weight excluding hydrogens is 679 g/mol. The van der Waals surface area contributed by atoms with E-state index in [1.807, 2.05) is 24.3 Å². The van der Waals surface area contributed by atoms with Gasteiger partial charge in [0.05, 0.1) is 25.3 Å². The normalized spacial score (nSPS) is 14.5. The maximum Gasteiger partial charge on any atom is 0.422 e. The van der Waals surface area contributed by atoms with E-state index in [1.54, 1.807) is 20.8 Å². The van der Waals surface area contributed by atoms with E-state index in [-0.39, 0.29) is 42.0 Å². The summed E-state index contributed by atoms with van der Waals surface area (Å²) in [5.74, 6) is -1.72. The van der Waals surface area contributed by atoms with E-state index in [1.165, 1.54) is 18.2 Å². The van der Waals surface area contributed by atoms with Crippen molar-refractivity contribution in [1.29, 1.82) is 0 Å². The first-order chi connectivity index (χ1) is 24.1. The van der Waals surface area contributed by atoms with Crippen LogP contribution in [0.1, 0.15) is 62.4 Å². The standard InChI is InChI=1S/C33H40F3N7O8/c1-32(2,3)51-31(47)38-18-24(27(45)46)40-26(44)23-13-10-21-16-25(23)49-15-7-5-4-6-14-48-22-11-8-20(9-12-22)17-37-28-41-29(39-21)43-30(42-28)50-19-33(34,35)36/h8-13,16,24H,4-7,14-15,17-19H2,1-3H3,(H,38,47)(H,40,44)(H,45,46)(H2,37,39,41,42,43). The fourth-order valence-electron chi connectivity index (χ4n) is 4.49. The Kier molecular flexibility index (Phi) is 13.1. The molecule has 5 N–H and O–H groups in total. The summed E-state index contributed by atoms with van der Waals surface area (Å²) in [6, 6.07) is 9.42. The van der Waals surface area contributed by atoms with Crippen molar-refractivity contribution in [3.05, 3.63) is 53.6 Å². The van der Waals surface area contributed by atoms with Gasteiger partial charge in [-0.25, -0.2) is 9.59 Å². The van der Waals surface area contributed by atoms with Crippen LogP contribution in [0.3, 0.4) is 0 Å². The minimum Gasteiger partial charge on any atom is -0.494 e. The number of nitrogens with zero attached hydrogens (tertiary/aromatic N) is 3. The minimum atomic E-state index is -4.65. The molecule has 276 valence electrons. The zero-order valence-electron chi connectivity index (χ0n) is 28.3. The zero-order chi connectivity index (χ0) is 37.0. The maximum atomic E-state index is 13.4. The number of fused-ring (bicyclic) bond motifs is 10. The van der Waals surface area contributed by atoms with Gasteiger partial charge in [0, 0.05) is 18.3 Å². The van der Waals surface area contributed by atoms with E-state index >= 15 is 0 Å². The number of benzene rings is 2. The average molecular weight is 720 g/mol. The molecule has 1 aromatic heterocycles. The van der Waals surface area contributed by atoms with Crippen LogP contribution in [-0.2, 0) is 16.1 Å². The Morgan fingerprint density at radius 1 is 0.941 bits per heavy atom. The first-order valence-corrected chi connectivity index (χ1v) is 16.1. The number of nitrogens with one attached hydrogen (secondary N) is 4. The molecule has 3 aromatic rings. The number of alkyl halides is 3. The van der Waals surface area contributed by atoms with E-state index < -0.39 is 55.0 Å². The van der Waals surface area contributed by atoms with Gasteiger partial charge in [-0.15, -0.1) is 0 Å². The molecule has 0 spiro atoms. The monoisotopic (exact) mass is 719 g/mol. The number of hydrogen-bond acceptors (Lipinski definition) is 12. The van der Waals surface area contributed by atoms with Gasteiger partial charge >= 0.3 is 24.2 Å². The number of aliphatic carboxylic acids is 1. The van der Waals surface area contributed by atoms with Gasteiger partial charge in [-0.1, -0.05) is 12.1 Å². The summed E-state index contributed by atoms with van der Waals surface area (Å²) in [6.45, 7) is 3.75. The fourth-order valence-corrected chi connectivity index (χ4v) is 4.49. The molecule has 2 aliphatic heterocycles. The number of carbonyl (C=O) groups is 3. The molecule has 2 aromatic carbocycles. The van der Waals surface area contributed by atoms with Crippen molar-refractivity contribution in [2.45, 2.75) is 70.8 Å². The Bertz CT molecular complexity index is 1650. The van der Waals surface area contributed by atoms with E-state index in [2.05, 4.69) is 36.2 Å². The predicted octanol–water partition coefficient (Wildman–Crippen LogP) is 5.21. The highest BCUT2D eigenvalue weighted by Gasteiger charge is 2.29. The van der Waals surface area contributed by atoms with Crippen LogP contribution in [-0.4, -0.2) is 82.2 Å². The summed E-state index contributed by atoms with van der Waals surface area (Å²) in [5.41, 5.74) is 0.259. The number of carboxylic acid groups (broad SMARTS) is 1. The third-order valence-electron chi connectivity index (χ3n) is 6.85. The number of alkyl carbamates (subject to hydrolysis) is 1. The van der Waals surface area contributed by atoms with Gasteiger partial charge in [0.2, 0.25) is 11.9 Å². The molecular formula is C33H40F3N7O8. The summed E-state index contributed by atoms with van der Waals surface area (Å²) < 4.78 is 60.6. The van der Waals surface area contributed by atoms with Crippen molar-refractivity contribution in [2.75, 3.05) is 37.0 Å². The third kappa shape index (κ3) is 13.4. The molecule has 2 aliphatic rings. The summed E-state index contributed by atoms with van der Waals surface area (Å²) in [5, 5.41) is 20.3. The molecule has 18 heteroatoms. The van der Waals surface area contributed by atoms with Gasteiger partial charge in [-0.2, -0.15) is 28.1 Å². The smallest absolute Gasteiger partial charge is 0.422 e. The topological polar surface area (TPSA) is 195 Å². The molecule has 5 rings (SSSR count). The number of ether oxygens (including phenoxy) is 4. The largest absolute Gasteiger partial charge is 0.494 e. The van der Waals surface area contributed by atoms with Crippen molar-refractivity contribution in [3.8, 4) is 17.5 Å². The number of rotatable bonds is 7. The summed E-state index contributed by atoms with van der Waals surface area (Å²) in [6.07, 6.45) is -2.45. The predicted molar refractivity (Wildman–Crippen MR) is 177 cm³/mol. The second kappa shape index (κ2) is 17.4. The molecule has 0 aliphatic carbocycles. The lowest BCUT2D eigenvalue weighted by Crippen LogP contribution is -2.49. The molecule has 1 unspecified atom stereocenters. The summed E-state index contributed by atoms with van der Waals surface area (Å²) in [7, 11) is 0. The lowest BCUT2D eigenvalue weighted by atomic mass is 10.1. The molecule has 6 bridgehead atoms. The Balaban J connectivity index is 1.59. The molecule has 0 saturated carbocycles. The van der Waals surface area contributed by atoms with Crippen molar-refractivity contribution >= 4 is 35.6 Å². The van der Waals surface area contributed by atoms with Crippen LogP contribution in [0.4, 0.5) is 35.5 Å². The first-order valence-electron chi connectivity index (χ1n) is 16.1. The SMILES string of the molecule is CC(C)(C)OC(=O)NCC(NC(=O)c1ccc2cc1OCCCCCCOc1ccc(cc1)CNc1nc(nc(OCC(F)(F)F)n1)N2)C(=O)O. The van der Waals surface area contributed by atoms with E-state index in [0.29, 0.717) is 18.8 Å². The fraction of sp³-hybridized carbons (Fsp3) is 0.455. The van der Waals surface area contributed by atoms with Crippen molar-refractivity contribution < 1.29 is 51.6 Å². The second-order valence-corrected chi connectivity index (χ2v) is 12.4. The molecule has 0 fully saturated rings. The van der Waals surface area contributed by atoms with Crippen LogP contribution in [0.15, 0.2) is 42.5 Å². The molecule has 0 radical (unpaired) electrons. The lowest BCUT2D eigenvalue weighted by molar-refractivity contribution is -0.154. The van der Waals surface area contributed by atoms with Gasteiger partial charge in [-0.3, -0.25) is 4.79 Å². The summed E-state index contributed by atoms with van der Waals surface area (Å²) >= 11 is 0. The van der Waals surface area contributed by atoms with Crippen LogP contribution in [0.5, 0.6) is 17.5 Å². The number of amides is 2. The van der Waals surface area contributed by atoms with Crippen LogP contribution in [0.25, 0.3) is 0 Å². The highest BCUT2D eigenvalue weighted by Crippen LogP contribution is 2.27. The van der Waals surface area contributed by atoms with Crippen molar-refractivity contribution in [1.82, 2.24) is 25.6 Å². The van der Waals surface area contributed by atoms with Crippen molar-refractivity contribution in [2.24, 2.45) is 0 Å². The minimum absolute atomic E-state index is 0.0208. The third-order valence-corrected chi connectivity index (χ3v) is 6.85. The van der Waals surface area contributed by atoms with E-state index in [9.17, 15) is 32.7 Å². The highest BCUT2D eigenvalue weighted by atomic mass is 19.4. The highest BCUT2D eigenvalue weighted by molar-refractivity contribution is 5.99. The number of hydrogen-bond donors (Lipinski definition) is 5. The number of carboxylic acids is 1. The molecule has 3 heterocycles. The molecule has 2 amide bonds. The van der Waals surface area contributed by atoms with Crippen LogP contribution >= 0.6 is 0 Å². The lowest BCUT2D eigenvalue weighted by Gasteiger charge is -2.21. The maximum absolute atomic E-state index is 13.4. The number of halogens is 3. The molecule has 1 atom stereocenters. The van der Waals surface area contributed by atoms with Crippen LogP contribution < -0.4 is 35.5 Å². The average Bonchev–Trinajstić information content (AvgIpc) is 3.05. The molecule has 0 saturated heterocycles. The molecule has 51 heavy (non-hydrogen) atoms. The Labute approximate surface area is 291 Å². The number of anilines is 3. The quantitative estimate of drug-likeness (QED) is 0.214. The van der Waals surface area contributed by atoms with Crippen LogP contribution in [0, 0.1) is 0 Å². The van der Waals surface area contributed by atoms with E-state index in [4.69, 9.17) is 18.9 Å². The summed E-state index contributed by atoms with van der Waals surface area (Å²) in [4.78, 5) is 49.6. The van der Waals surface area contributed by atoms with Gasteiger partial charge in [-0.05, 0) is 76.3 Å². The van der Waals surface area contributed by atoms with Gasteiger partial charge in [0.1, 0.15) is 23.1 Å².